The Morgan fingerprint density at radius 3 is 2.71 bits per heavy atom. The highest BCUT2D eigenvalue weighted by Crippen LogP contribution is 2.22. The van der Waals surface area contributed by atoms with Crippen molar-refractivity contribution in [2.75, 3.05) is 23.4 Å². The molecule has 0 spiro atoms. The van der Waals surface area contributed by atoms with E-state index in [1.807, 2.05) is 6.07 Å². The minimum absolute atomic E-state index is 0.755. The molecule has 1 aromatic rings. The number of anilines is 1. The highest BCUT2D eigenvalue weighted by atomic mass is 32.2. The Hall–Kier alpha value is -0.770. The molecule has 2 heterocycles. The second-order valence-electron chi connectivity index (χ2n) is 3.51. The Kier molecular flexibility index (Phi) is 3.63. The first kappa shape index (κ1) is 9.77. The van der Waals surface area contributed by atoms with Gasteiger partial charge in [0.25, 0.3) is 0 Å². The largest absolute Gasteiger partial charge is 0.354 e. The summed E-state index contributed by atoms with van der Waals surface area (Å²) in [4.78, 5) is 8.27. The van der Waals surface area contributed by atoms with Gasteiger partial charge >= 0.3 is 0 Å². The Labute approximate surface area is 88.7 Å². The number of rotatable bonds is 3. The molecule has 0 atom stereocenters. The van der Waals surface area contributed by atoms with Crippen LogP contribution < -0.4 is 5.32 Å². The first-order valence-electron chi connectivity index (χ1n) is 5.04. The normalized spacial score (nSPS) is 18.0. The molecule has 0 amide bonds. The summed E-state index contributed by atoms with van der Waals surface area (Å²) in [5, 5.41) is 3.28. The van der Waals surface area contributed by atoms with Gasteiger partial charge in [0.2, 0.25) is 5.95 Å². The van der Waals surface area contributed by atoms with Gasteiger partial charge in [-0.3, -0.25) is 0 Å². The van der Waals surface area contributed by atoms with Gasteiger partial charge in [-0.1, -0.05) is 0 Å². The van der Waals surface area contributed by atoms with Crippen LogP contribution in [0.4, 0.5) is 5.95 Å². The van der Waals surface area contributed by atoms with Crippen LogP contribution in [-0.2, 0) is 0 Å². The summed E-state index contributed by atoms with van der Waals surface area (Å²) in [6, 6.07) is 1.84. The molecule has 0 bridgehead atoms. The van der Waals surface area contributed by atoms with Crippen LogP contribution in [0.3, 0.4) is 0 Å². The van der Waals surface area contributed by atoms with Crippen molar-refractivity contribution in [2.24, 2.45) is 5.92 Å². The zero-order valence-corrected chi connectivity index (χ0v) is 8.96. The maximum Gasteiger partial charge on any atom is 0.222 e. The minimum atomic E-state index is 0.755. The zero-order valence-electron chi connectivity index (χ0n) is 8.15. The van der Waals surface area contributed by atoms with Crippen LogP contribution in [0.2, 0.25) is 0 Å². The van der Waals surface area contributed by atoms with Gasteiger partial charge in [-0.2, -0.15) is 11.8 Å². The Morgan fingerprint density at radius 1 is 1.29 bits per heavy atom. The lowest BCUT2D eigenvalue weighted by Gasteiger charge is -2.21. The third kappa shape index (κ3) is 2.87. The monoisotopic (exact) mass is 209 g/mol. The summed E-state index contributed by atoms with van der Waals surface area (Å²) in [6.45, 7) is 1.02. The van der Waals surface area contributed by atoms with Crippen LogP contribution in [-0.4, -0.2) is 28.0 Å². The molecular formula is C10H15N3S. The summed E-state index contributed by atoms with van der Waals surface area (Å²) in [5.41, 5.74) is 0. The summed E-state index contributed by atoms with van der Waals surface area (Å²) in [5.74, 6) is 4.18. The molecule has 0 unspecified atom stereocenters. The van der Waals surface area contributed by atoms with Crippen molar-refractivity contribution >= 4 is 17.7 Å². The minimum Gasteiger partial charge on any atom is -0.354 e. The summed E-state index contributed by atoms with van der Waals surface area (Å²) >= 11 is 2.06. The molecule has 2 rings (SSSR count). The number of aromatic nitrogens is 2. The average molecular weight is 209 g/mol. The first-order valence-corrected chi connectivity index (χ1v) is 6.19. The van der Waals surface area contributed by atoms with Gasteiger partial charge in [0.15, 0.2) is 0 Å². The lowest BCUT2D eigenvalue weighted by molar-refractivity contribution is 0.515. The van der Waals surface area contributed by atoms with E-state index in [9.17, 15) is 0 Å². The Morgan fingerprint density at radius 2 is 2.00 bits per heavy atom. The number of nitrogens with one attached hydrogen (secondary N) is 1. The average Bonchev–Trinajstić information content (AvgIpc) is 2.29. The second kappa shape index (κ2) is 5.20. The molecule has 0 aromatic carbocycles. The molecule has 0 radical (unpaired) electrons. The molecule has 0 aliphatic carbocycles. The van der Waals surface area contributed by atoms with Gasteiger partial charge in [-0.25, -0.2) is 9.97 Å². The topological polar surface area (TPSA) is 37.8 Å². The fourth-order valence-electron chi connectivity index (χ4n) is 1.58. The van der Waals surface area contributed by atoms with E-state index in [4.69, 9.17) is 0 Å². The molecule has 1 N–H and O–H groups in total. The van der Waals surface area contributed by atoms with E-state index in [-0.39, 0.29) is 0 Å². The fraction of sp³-hybridized carbons (Fsp3) is 0.600. The van der Waals surface area contributed by atoms with Crippen LogP contribution in [0.1, 0.15) is 12.8 Å². The van der Waals surface area contributed by atoms with Crippen molar-refractivity contribution in [2.45, 2.75) is 12.8 Å². The van der Waals surface area contributed by atoms with E-state index in [2.05, 4.69) is 27.0 Å². The lowest BCUT2D eigenvalue weighted by atomic mass is 10.0. The quantitative estimate of drug-likeness (QED) is 0.826. The highest BCUT2D eigenvalue weighted by Gasteiger charge is 2.13. The molecule has 1 aromatic heterocycles. The smallest absolute Gasteiger partial charge is 0.222 e. The number of hydrogen-bond donors (Lipinski definition) is 1. The van der Waals surface area contributed by atoms with Crippen molar-refractivity contribution in [3.05, 3.63) is 18.5 Å². The first-order chi connectivity index (χ1) is 6.95. The maximum atomic E-state index is 4.14. The maximum absolute atomic E-state index is 4.14. The van der Waals surface area contributed by atoms with E-state index < -0.39 is 0 Å². The van der Waals surface area contributed by atoms with Gasteiger partial charge in [-0.15, -0.1) is 0 Å². The molecule has 1 aliphatic rings. The molecule has 0 saturated carbocycles. The van der Waals surface area contributed by atoms with E-state index in [1.54, 1.807) is 12.4 Å². The van der Waals surface area contributed by atoms with Crippen LogP contribution in [0.5, 0.6) is 0 Å². The molecule has 1 saturated heterocycles. The van der Waals surface area contributed by atoms with Crippen molar-refractivity contribution in [1.29, 1.82) is 0 Å². The number of hydrogen-bond acceptors (Lipinski definition) is 4. The lowest BCUT2D eigenvalue weighted by Crippen LogP contribution is -2.19. The molecule has 1 fully saturated rings. The Bertz CT molecular complexity index is 259. The van der Waals surface area contributed by atoms with Crippen LogP contribution >= 0.6 is 11.8 Å². The van der Waals surface area contributed by atoms with Crippen molar-refractivity contribution in [3.63, 3.8) is 0 Å². The van der Waals surface area contributed by atoms with Gasteiger partial charge in [0.1, 0.15) is 0 Å². The van der Waals surface area contributed by atoms with Gasteiger partial charge in [-0.05, 0) is 36.3 Å². The number of nitrogens with zero attached hydrogens (tertiary/aromatic N) is 2. The van der Waals surface area contributed by atoms with Gasteiger partial charge < -0.3 is 5.32 Å². The van der Waals surface area contributed by atoms with E-state index in [0.29, 0.717) is 0 Å². The molecule has 14 heavy (non-hydrogen) atoms. The molecule has 4 heteroatoms. The third-order valence-corrected chi connectivity index (χ3v) is 3.50. The summed E-state index contributed by atoms with van der Waals surface area (Å²) in [6.07, 6.45) is 6.19. The van der Waals surface area contributed by atoms with Crippen LogP contribution in [0.15, 0.2) is 18.5 Å². The van der Waals surface area contributed by atoms with E-state index in [0.717, 1.165) is 18.4 Å². The van der Waals surface area contributed by atoms with E-state index in [1.165, 1.54) is 24.3 Å². The van der Waals surface area contributed by atoms with E-state index >= 15 is 0 Å². The standard InChI is InChI=1S/C10H15N3S/c1-4-11-10(12-5-1)13-8-9-2-6-14-7-3-9/h1,4-5,9H,2-3,6-8H2,(H,11,12,13). The summed E-state index contributed by atoms with van der Waals surface area (Å²) in [7, 11) is 0. The summed E-state index contributed by atoms with van der Waals surface area (Å²) < 4.78 is 0. The van der Waals surface area contributed by atoms with Crippen molar-refractivity contribution in [1.82, 2.24) is 9.97 Å². The highest BCUT2D eigenvalue weighted by molar-refractivity contribution is 7.99. The number of thioether (sulfide) groups is 1. The van der Waals surface area contributed by atoms with Gasteiger partial charge in [0, 0.05) is 18.9 Å². The SMILES string of the molecule is c1cnc(NCC2CCSCC2)nc1. The van der Waals surface area contributed by atoms with Crippen LogP contribution in [0.25, 0.3) is 0 Å². The fourth-order valence-corrected chi connectivity index (χ4v) is 2.78. The molecular weight excluding hydrogens is 194 g/mol. The second-order valence-corrected chi connectivity index (χ2v) is 4.73. The van der Waals surface area contributed by atoms with Crippen molar-refractivity contribution < 1.29 is 0 Å². The van der Waals surface area contributed by atoms with Crippen LogP contribution in [0, 0.1) is 5.92 Å². The molecule has 76 valence electrons. The predicted molar refractivity (Wildman–Crippen MR) is 60.6 cm³/mol. The molecule has 1 aliphatic heterocycles. The molecule has 3 nitrogen and oxygen atoms in total. The Balaban J connectivity index is 1.76. The van der Waals surface area contributed by atoms with Crippen molar-refractivity contribution in [3.8, 4) is 0 Å². The van der Waals surface area contributed by atoms with Gasteiger partial charge in [0.05, 0.1) is 0 Å². The predicted octanol–water partition coefficient (Wildman–Crippen LogP) is 2.03. The zero-order chi connectivity index (χ0) is 9.64. The third-order valence-electron chi connectivity index (χ3n) is 2.46.